The maximum absolute atomic E-state index is 13.2. The van der Waals surface area contributed by atoms with Gasteiger partial charge in [0.05, 0.1) is 15.9 Å². The van der Waals surface area contributed by atoms with Crippen molar-refractivity contribution in [3.63, 3.8) is 0 Å². The van der Waals surface area contributed by atoms with E-state index in [1.807, 2.05) is 11.8 Å². The molecular weight excluding hydrogens is 462 g/mol. The number of fused-ring (bicyclic) bond motifs is 1. The van der Waals surface area contributed by atoms with Crippen LogP contribution in [-0.2, 0) is 21.2 Å². The van der Waals surface area contributed by atoms with E-state index in [4.69, 9.17) is 11.6 Å². The summed E-state index contributed by atoms with van der Waals surface area (Å²) in [6, 6.07) is 5.58. The lowest BCUT2D eigenvalue weighted by atomic mass is 9.93. The van der Waals surface area contributed by atoms with Crippen molar-refractivity contribution < 1.29 is 18.1 Å². The van der Waals surface area contributed by atoms with E-state index in [1.54, 1.807) is 11.3 Å². The molecule has 2 aromatic rings. The number of carbonyl (C=O) groups is 1. The van der Waals surface area contributed by atoms with E-state index in [-0.39, 0.29) is 40.9 Å². The molecule has 1 atom stereocenters. The first-order valence-electron chi connectivity index (χ1n) is 10.0. The summed E-state index contributed by atoms with van der Waals surface area (Å²) in [6.07, 6.45) is 1.70. The van der Waals surface area contributed by atoms with E-state index < -0.39 is 20.6 Å². The molecule has 31 heavy (non-hydrogen) atoms. The summed E-state index contributed by atoms with van der Waals surface area (Å²) < 4.78 is 27.2. The molecule has 1 fully saturated rings. The molecule has 1 saturated heterocycles. The highest BCUT2D eigenvalue weighted by molar-refractivity contribution is 7.89. The van der Waals surface area contributed by atoms with Crippen molar-refractivity contribution in [2.24, 2.45) is 5.92 Å². The largest absolute Gasteiger partial charge is 0.335 e. The quantitative estimate of drug-likeness (QED) is 0.485. The second kappa shape index (κ2) is 8.50. The molecule has 0 N–H and O–H groups in total. The van der Waals surface area contributed by atoms with E-state index in [1.165, 1.54) is 26.9 Å². The number of nitrogens with zero attached hydrogens (tertiary/aromatic N) is 3. The number of hydrogen-bond donors (Lipinski definition) is 0. The molecule has 0 bridgehead atoms. The van der Waals surface area contributed by atoms with Crippen LogP contribution >= 0.6 is 22.9 Å². The zero-order valence-corrected chi connectivity index (χ0v) is 19.3. The predicted molar refractivity (Wildman–Crippen MR) is 118 cm³/mol. The van der Waals surface area contributed by atoms with Crippen LogP contribution in [0.5, 0.6) is 0 Å². The van der Waals surface area contributed by atoms with Gasteiger partial charge in [-0.3, -0.25) is 14.9 Å². The lowest BCUT2D eigenvalue weighted by Crippen LogP contribution is -2.46. The minimum atomic E-state index is -3.91. The standard InChI is InChI=1S/C20H22ClN3O5S2/c1-13-16-7-11-30-19(16)6-10-23(13)20(25)14-4-8-22(9-5-14)31(28,29)15-2-3-17(21)18(12-15)24(26)27/h2-3,7,11-14H,4-6,8-10H2,1H3/t13-/m1/s1. The fraction of sp³-hybridized carbons (Fsp3) is 0.450. The third-order valence-corrected chi connectivity index (χ3v) is 9.33. The number of benzene rings is 1. The molecule has 2 aliphatic heterocycles. The van der Waals surface area contributed by atoms with Gasteiger partial charge in [0.2, 0.25) is 15.9 Å². The molecule has 166 valence electrons. The Hall–Kier alpha value is -2.01. The molecule has 3 heterocycles. The van der Waals surface area contributed by atoms with Crippen LogP contribution in [0.2, 0.25) is 5.02 Å². The van der Waals surface area contributed by atoms with Gasteiger partial charge < -0.3 is 4.90 Å². The van der Waals surface area contributed by atoms with Gasteiger partial charge >= 0.3 is 0 Å². The van der Waals surface area contributed by atoms with Gasteiger partial charge in [-0.25, -0.2) is 8.42 Å². The van der Waals surface area contributed by atoms with Gasteiger partial charge in [0, 0.05) is 36.5 Å². The minimum Gasteiger partial charge on any atom is -0.335 e. The zero-order valence-electron chi connectivity index (χ0n) is 16.9. The Morgan fingerprint density at radius 2 is 1.94 bits per heavy atom. The second-order valence-corrected chi connectivity index (χ2v) is 11.2. The smallest absolute Gasteiger partial charge is 0.289 e. The molecule has 1 amide bonds. The van der Waals surface area contributed by atoms with Gasteiger partial charge in [-0.2, -0.15) is 4.31 Å². The number of hydrogen-bond acceptors (Lipinski definition) is 6. The molecule has 0 saturated carbocycles. The second-order valence-electron chi connectivity index (χ2n) is 7.81. The van der Waals surface area contributed by atoms with Crippen LogP contribution in [0.4, 0.5) is 5.69 Å². The summed E-state index contributed by atoms with van der Waals surface area (Å²) in [6.45, 7) is 3.11. The van der Waals surface area contributed by atoms with Crippen LogP contribution in [0.3, 0.4) is 0 Å². The van der Waals surface area contributed by atoms with Gasteiger partial charge in [0.15, 0.2) is 0 Å². The summed E-state index contributed by atoms with van der Waals surface area (Å²) >= 11 is 7.52. The highest BCUT2D eigenvalue weighted by Crippen LogP contribution is 2.35. The number of thiophene rings is 1. The van der Waals surface area contributed by atoms with Crippen molar-refractivity contribution in [1.29, 1.82) is 0 Å². The molecule has 0 unspecified atom stereocenters. The van der Waals surface area contributed by atoms with Crippen LogP contribution in [-0.4, -0.2) is 48.1 Å². The highest BCUT2D eigenvalue weighted by Gasteiger charge is 2.37. The number of sulfonamides is 1. The Morgan fingerprint density at radius 1 is 1.23 bits per heavy atom. The van der Waals surface area contributed by atoms with Crippen molar-refractivity contribution in [3.8, 4) is 0 Å². The Morgan fingerprint density at radius 3 is 2.61 bits per heavy atom. The zero-order chi connectivity index (χ0) is 22.3. The number of rotatable bonds is 4. The predicted octanol–water partition coefficient (Wildman–Crippen LogP) is 3.86. The van der Waals surface area contributed by atoms with Crippen LogP contribution in [0, 0.1) is 16.0 Å². The van der Waals surface area contributed by atoms with Gasteiger partial charge in [0.25, 0.3) is 5.69 Å². The number of nitro benzene ring substituents is 1. The molecular formula is C20H22ClN3O5S2. The topological polar surface area (TPSA) is 101 Å². The number of nitro groups is 1. The van der Waals surface area contributed by atoms with Crippen LogP contribution in [0.15, 0.2) is 34.5 Å². The summed E-state index contributed by atoms with van der Waals surface area (Å²) in [4.78, 5) is 26.6. The van der Waals surface area contributed by atoms with E-state index in [0.717, 1.165) is 12.5 Å². The molecule has 2 aliphatic rings. The first-order chi connectivity index (χ1) is 14.7. The average Bonchev–Trinajstić information content (AvgIpc) is 3.23. The van der Waals surface area contributed by atoms with Crippen molar-refractivity contribution in [2.45, 2.75) is 37.1 Å². The molecule has 1 aromatic carbocycles. The van der Waals surface area contributed by atoms with Crippen molar-refractivity contribution in [1.82, 2.24) is 9.21 Å². The Kier molecular flexibility index (Phi) is 6.08. The summed E-state index contributed by atoms with van der Waals surface area (Å²) in [5.74, 6) is -0.155. The third kappa shape index (κ3) is 4.09. The fourth-order valence-corrected chi connectivity index (χ4v) is 6.97. The minimum absolute atomic E-state index is 0.0267. The number of carbonyl (C=O) groups excluding carboxylic acids is 1. The number of piperidine rings is 1. The Balaban J connectivity index is 1.44. The van der Waals surface area contributed by atoms with Gasteiger partial charge in [-0.15, -0.1) is 11.3 Å². The molecule has 8 nitrogen and oxygen atoms in total. The SMILES string of the molecule is C[C@@H]1c2ccsc2CCN1C(=O)C1CCN(S(=O)(=O)c2ccc(Cl)c([N+](=O)[O-])c2)CC1. The number of halogens is 1. The fourth-order valence-electron chi connectivity index (χ4n) is 4.33. The van der Waals surface area contributed by atoms with E-state index in [2.05, 4.69) is 11.4 Å². The maximum Gasteiger partial charge on any atom is 0.289 e. The third-order valence-electron chi connectivity index (χ3n) is 6.12. The van der Waals surface area contributed by atoms with E-state index in [9.17, 15) is 23.3 Å². The van der Waals surface area contributed by atoms with E-state index in [0.29, 0.717) is 19.4 Å². The lowest BCUT2D eigenvalue weighted by Gasteiger charge is -2.38. The molecule has 0 aliphatic carbocycles. The normalized spacial score (nSPS) is 20.5. The van der Waals surface area contributed by atoms with Crippen LogP contribution < -0.4 is 0 Å². The molecule has 4 rings (SSSR count). The Labute approximate surface area is 189 Å². The summed E-state index contributed by atoms with van der Waals surface area (Å²) in [5, 5.41) is 13.0. The van der Waals surface area contributed by atoms with Crippen molar-refractivity contribution in [2.75, 3.05) is 19.6 Å². The molecule has 0 spiro atoms. The van der Waals surface area contributed by atoms with Crippen LogP contribution in [0.1, 0.15) is 36.2 Å². The average molecular weight is 484 g/mol. The summed E-state index contributed by atoms with van der Waals surface area (Å²) in [5.41, 5.74) is 0.758. The molecule has 0 radical (unpaired) electrons. The Bertz CT molecular complexity index is 1130. The van der Waals surface area contributed by atoms with Crippen LogP contribution in [0.25, 0.3) is 0 Å². The van der Waals surface area contributed by atoms with Crippen molar-refractivity contribution >= 4 is 44.6 Å². The van der Waals surface area contributed by atoms with Crippen molar-refractivity contribution in [3.05, 3.63) is 55.2 Å². The monoisotopic (exact) mass is 483 g/mol. The van der Waals surface area contributed by atoms with Gasteiger partial charge in [0.1, 0.15) is 5.02 Å². The maximum atomic E-state index is 13.2. The molecule has 11 heteroatoms. The number of amides is 1. The first kappa shape index (κ1) is 22.2. The lowest BCUT2D eigenvalue weighted by molar-refractivity contribution is -0.384. The highest BCUT2D eigenvalue weighted by atomic mass is 35.5. The molecule has 1 aromatic heterocycles. The van der Waals surface area contributed by atoms with Gasteiger partial charge in [-0.1, -0.05) is 11.6 Å². The first-order valence-corrected chi connectivity index (χ1v) is 12.7. The van der Waals surface area contributed by atoms with E-state index >= 15 is 0 Å². The van der Waals surface area contributed by atoms with Gasteiger partial charge in [-0.05, 0) is 55.3 Å². The summed E-state index contributed by atoms with van der Waals surface area (Å²) in [7, 11) is -3.91.